The van der Waals surface area contributed by atoms with Gasteiger partial charge in [-0.2, -0.15) is 5.26 Å². The molecule has 1 aromatic carbocycles. The third kappa shape index (κ3) is 2.21. The molecule has 1 heterocycles. The highest BCUT2D eigenvalue weighted by Gasteiger charge is 2.14. The van der Waals surface area contributed by atoms with Gasteiger partial charge in [0.05, 0.1) is 7.11 Å². The summed E-state index contributed by atoms with van der Waals surface area (Å²) in [6, 6.07) is 6.93. The van der Waals surface area contributed by atoms with Crippen molar-refractivity contribution >= 4 is 12.0 Å². The van der Waals surface area contributed by atoms with E-state index in [9.17, 15) is 4.79 Å². The first-order chi connectivity index (χ1) is 8.24. The zero-order valence-electron chi connectivity index (χ0n) is 9.10. The van der Waals surface area contributed by atoms with Crippen LogP contribution in [0.2, 0.25) is 0 Å². The molecule has 5 heteroatoms. The van der Waals surface area contributed by atoms with Crippen molar-refractivity contribution < 1.29 is 19.0 Å². The van der Waals surface area contributed by atoms with Crippen LogP contribution in [0.4, 0.5) is 0 Å². The van der Waals surface area contributed by atoms with E-state index in [1.165, 1.54) is 13.2 Å². The second-order valence-corrected chi connectivity index (χ2v) is 3.27. The minimum Gasteiger partial charge on any atom is -0.465 e. The van der Waals surface area contributed by atoms with Gasteiger partial charge in [0.2, 0.25) is 6.79 Å². The van der Waals surface area contributed by atoms with E-state index in [2.05, 4.69) is 4.74 Å². The first kappa shape index (κ1) is 11.0. The molecule has 86 valence electrons. The molecule has 0 amide bonds. The molecule has 0 saturated carbocycles. The molecule has 1 aromatic rings. The summed E-state index contributed by atoms with van der Waals surface area (Å²) >= 11 is 0. The lowest BCUT2D eigenvalue weighted by Gasteiger charge is -1.99. The van der Waals surface area contributed by atoms with Gasteiger partial charge in [-0.05, 0) is 23.8 Å². The van der Waals surface area contributed by atoms with Gasteiger partial charge >= 0.3 is 5.97 Å². The van der Waals surface area contributed by atoms with E-state index >= 15 is 0 Å². The summed E-state index contributed by atoms with van der Waals surface area (Å²) in [5, 5.41) is 8.81. The largest absolute Gasteiger partial charge is 0.465 e. The van der Waals surface area contributed by atoms with Gasteiger partial charge < -0.3 is 14.2 Å². The highest BCUT2D eigenvalue weighted by Crippen LogP contribution is 2.33. The highest BCUT2D eigenvalue weighted by atomic mass is 16.7. The molecular formula is C12H9NO4. The number of methoxy groups -OCH3 is 1. The maximum absolute atomic E-state index is 11.2. The van der Waals surface area contributed by atoms with E-state index < -0.39 is 5.97 Å². The highest BCUT2D eigenvalue weighted by molar-refractivity contribution is 5.97. The summed E-state index contributed by atoms with van der Waals surface area (Å²) in [5.74, 6) is 0.588. The SMILES string of the molecule is COC(=O)C(C#N)=Cc1ccc2c(c1)OCO2. The Morgan fingerprint density at radius 2 is 2.24 bits per heavy atom. The molecule has 0 aliphatic carbocycles. The van der Waals surface area contributed by atoms with Gasteiger partial charge in [0.1, 0.15) is 11.6 Å². The van der Waals surface area contributed by atoms with Crippen molar-refractivity contribution in [3.63, 3.8) is 0 Å². The normalized spacial score (nSPS) is 13.1. The zero-order valence-corrected chi connectivity index (χ0v) is 9.10. The van der Waals surface area contributed by atoms with Crippen LogP contribution in [0.25, 0.3) is 6.08 Å². The van der Waals surface area contributed by atoms with Crippen LogP contribution in [-0.2, 0) is 9.53 Å². The second-order valence-electron chi connectivity index (χ2n) is 3.27. The maximum atomic E-state index is 11.2. The molecule has 0 radical (unpaired) electrons. The number of nitriles is 1. The van der Waals surface area contributed by atoms with E-state index in [4.69, 9.17) is 14.7 Å². The lowest BCUT2D eigenvalue weighted by atomic mass is 10.1. The molecule has 1 aliphatic rings. The number of benzene rings is 1. The maximum Gasteiger partial charge on any atom is 0.348 e. The number of carbonyl (C=O) groups is 1. The third-order valence-corrected chi connectivity index (χ3v) is 2.23. The van der Waals surface area contributed by atoms with Crippen molar-refractivity contribution in [3.05, 3.63) is 29.3 Å². The molecule has 0 unspecified atom stereocenters. The van der Waals surface area contributed by atoms with E-state index in [0.29, 0.717) is 17.1 Å². The Hall–Kier alpha value is -2.48. The molecule has 0 fully saturated rings. The van der Waals surface area contributed by atoms with Gasteiger partial charge in [0.15, 0.2) is 11.5 Å². The van der Waals surface area contributed by atoms with Gasteiger partial charge in [0.25, 0.3) is 0 Å². The average Bonchev–Trinajstić information content (AvgIpc) is 2.82. The number of hydrogen-bond donors (Lipinski definition) is 0. The number of carbonyl (C=O) groups excluding carboxylic acids is 1. The predicted octanol–water partition coefficient (Wildman–Crippen LogP) is 1.50. The third-order valence-electron chi connectivity index (χ3n) is 2.23. The molecule has 0 spiro atoms. The number of fused-ring (bicyclic) bond motifs is 1. The lowest BCUT2D eigenvalue weighted by molar-refractivity contribution is -0.135. The molecule has 0 aromatic heterocycles. The van der Waals surface area contributed by atoms with Crippen LogP contribution in [0.15, 0.2) is 23.8 Å². The van der Waals surface area contributed by atoms with Gasteiger partial charge in [-0.25, -0.2) is 4.79 Å². The van der Waals surface area contributed by atoms with Crippen molar-refractivity contribution in [2.24, 2.45) is 0 Å². The number of rotatable bonds is 2. The molecule has 0 N–H and O–H groups in total. The minimum atomic E-state index is -0.662. The van der Waals surface area contributed by atoms with Crippen molar-refractivity contribution in [1.29, 1.82) is 5.26 Å². The Labute approximate surface area is 97.8 Å². The lowest BCUT2D eigenvalue weighted by Crippen LogP contribution is -2.02. The van der Waals surface area contributed by atoms with Crippen molar-refractivity contribution in [2.45, 2.75) is 0 Å². The standard InChI is InChI=1S/C12H9NO4/c1-15-12(14)9(6-13)4-8-2-3-10-11(5-8)17-7-16-10/h2-5H,7H2,1H3. The van der Waals surface area contributed by atoms with Crippen LogP contribution < -0.4 is 9.47 Å². The average molecular weight is 231 g/mol. The summed E-state index contributed by atoms with van der Waals surface area (Å²) in [7, 11) is 1.23. The summed E-state index contributed by atoms with van der Waals surface area (Å²) in [4.78, 5) is 11.2. The molecule has 0 atom stereocenters. The Balaban J connectivity index is 2.32. The molecule has 1 aliphatic heterocycles. The van der Waals surface area contributed by atoms with Crippen molar-refractivity contribution in [1.82, 2.24) is 0 Å². The van der Waals surface area contributed by atoms with Gasteiger partial charge in [0, 0.05) is 0 Å². The fraction of sp³-hybridized carbons (Fsp3) is 0.167. The monoisotopic (exact) mass is 231 g/mol. The molecule has 17 heavy (non-hydrogen) atoms. The van der Waals surface area contributed by atoms with Crippen molar-refractivity contribution in [3.8, 4) is 17.6 Å². The zero-order chi connectivity index (χ0) is 12.3. The molecule has 2 rings (SSSR count). The fourth-order valence-electron chi connectivity index (χ4n) is 1.42. The van der Waals surface area contributed by atoms with Gasteiger partial charge in [-0.15, -0.1) is 0 Å². The smallest absolute Gasteiger partial charge is 0.348 e. The molecule has 0 bridgehead atoms. The van der Waals surface area contributed by atoms with Crippen LogP contribution in [0.1, 0.15) is 5.56 Å². The van der Waals surface area contributed by atoms with E-state index in [0.717, 1.165) is 0 Å². The van der Waals surface area contributed by atoms with E-state index in [1.54, 1.807) is 24.3 Å². The number of nitrogens with zero attached hydrogens (tertiary/aromatic N) is 1. The van der Waals surface area contributed by atoms with Crippen molar-refractivity contribution in [2.75, 3.05) is 13.9 Å². The minimum absolute atomic E-state index is 0.0636. The fourth-order valence-corrected chi connectivity index (χ4v) is 1.42. The summed E-state index contributed by atoms with van der Waals surface area (Å²) in [6.45, 7) is 0.185. The first-order valence-corrected chi connectivity index (χ1v) is 4.84. The summed E-state index contributed by atoms with van der Waals surface area (Å²) < 4.78 is 14.8. The Kier molecular flexibility index (Phi) is 2.97. The van der Waals surface area contributed by atoms with Crippen LogP contribution in [0.3, 0.4) is 0 Å². The van der Waals surface area contributed by atoms with Crippen LogP contribution in [0.5, 0.6) is 11.5 Å². The van der Waals surface area contributed by atoms with Gasteiger partial charge in [-0.1, -0.05) is 6.07 Å². The topological polar surface area (TPSA) is 68.6 Å². The molecular weight excluding hydrogens is 222 g/mol. The first-order valence-electron chi connectivity index (χ1n) is 4.84. The number of esters is 1. The molecule has 5 nitrogen and oxygen atoms in total. The Morgan fingerprint density at radius 1 is 1.47 bits per heavy atom. The van der Waals surface area contributed by atoms with Crippen LogP contribution in [0, 0.1) is 11.3 Å². The molecule has 0 saturated heterocycles. The van der Waals surface area contributed by atoms with E-state index in [-0.39, 0.29) is 12.4 Å². The predicted molar refractivity (Wildman–Crippen MR) is 58.2 cm³/mol. The van der Waals surface area contributed by atoms with Crippen LogP contribution in [-0.4, -0.2) is 19.9 Å². The second kappa shape index (κ2) is 4.58. The van der Waals surface area contributed by atoms with E-state index in [1.807, 2.05) is 0 Å². The quantitative estimate of drug-likeness (QED) is 0.438. The Morgan fingerprint density at radius 3 is 2.94 bits per heavy atom. The van der Waals surface area contributed by atoms with Crippen LogP contribution >= 0.6 is 0 Å². The summed E-state index contributed by atoms with van der Waals surface area (Å²) in [5.41, 5.74) is 0.613. The number of hydrogen-bond acceptors (Lipinski definition) is 5. The summed E-state index contributed by atoms with van der Waals surface area (Å²) in [6.07, 6.45) is 1.44. The number of ether oxygens (including phenoxy) is 3. The Bertz CT molecular complexity index is 528. The van der Waals surface area contributed by atoms with Gasteiger partial charge in [-0.3, -0.25) is 0 Å².